The molecule has 81 heavy (non-hydrogen) atoms. The van der Waals surface area contributed by atoms with Gasteiger partial charge < -0.3 is 20.3 Å². The normalized spacial score (nSPS) is 12.8. The van der Waals surface area contributed by atoms with Crippen LogP contribution in [0.15, 0.2) is 48.6 Å². The summed E-state index contributed by atoms with van der Waals surface area (Å²) in [6.45, 7) is 4.88. The highest BCUT2D eigenvalue weighted by Gasteiger charge is 2.18. The Morgan fingerprint density at radius 1 is 0.346 bits per heavy atom. The van der Waals surface area contributed by atoms with E-state index in [1.54, 1.807) is 6.08 Å². The topological polar surface area (TPSA) is 95.9 Å². The third-order valence-electron chi connectivity index (χ3n) is 16.8. The van der Waals surface area contributed by atoms with Crippen LogP contribution in [0, 0.1) is 0 Å². The number of hydrogen-bond acceptors (Lipinski definition) is 5. The van der Waals surface area contributed by atoms with Crippen molar-refractivity contribution in [2.24, 2.45) is 0 Å². The lowest BCUT2D eigenvalue weighted by molar-refractivity contribution is -0.143. The van der Waals surface area contributed by atoms with Crippen molar-refractivity contribution in [2.45, 2.75) is 405 Å². The first-order chi connectivity index (χ1) is 40.0. The first kappa shape index (κ1) is 78.8. The Bertz CT molecular complexity index is 1360. The zero-order valence-corrected chi connectivity index (χ0v) is 54.5. The molecule has 476 valence electrons. The van der Waals surface area contributed by atoms with Crippen molar-refractivity contribution in [1.29, 1.82) is 0 Å². The molecule has 0 aromatic rings. The van der Waals surface area contributed by atoms with Gasteiger partial charge in [-0.15, -0.1) is 0 Å². The Labute approximate surface area is 506 Å². The maximum atomic E-state index is 12.5. The molecule has 2 unspecified atom stereocenters. The molecule has 0 aromatic carbocycles. The van der Waals surface area contributed by atoms with Gasteiger partial charge in [0.25, 0.3) is 0 Å². The molecule has 0 aliphatic carbocycles. The SMILES string of the molecule is CCCC/C=C\C/C=C\CCCCCCCC(=O)OCCCCCCCCCCCCCCCCCC/C=C\CCCCCCCCCCCCCCCCCCCC(=O)NC(CO)C(O)/C=C/CCCCCCCCCCCCC. The maximum Gasteiger partial charge on any atom is 0.305 e. The number of aliphatic hydroxyl groups is 2. The minimum atomic E-state index is -0.841. The molecule has 0 heterocycles. The number of esters is 1. The highest BCUT2D eigenvalue weighted by molar-refractivity contribution is 5.76. The fourth-order valence-corrected chi connectivity index (χ4v) is 11.2. The summed E-state index contributed by atoms with van der Waals surface area (Å²) < 4.78 is 5.48. The molecule has 0 aliphatic rings. The summed E-state index contributed by atoms with van der Waals surface area (Å²) in [7, 11) is 0. The molecule has 0 saturated carbocycles. The molecule has 0 aliphatic heterocycles. The predicted molar refractivity (Wildman–Crippen MR) is 356 cm³/mol. The number of hydrogen-bond donors (Lipinski definition) is 3. The van der Waals surface area contributed by atoms with Gasteiger partial charge in [0.2, 0.25) is 5.91 Å². The van der Waals surface area contributed by atoms with Gasteiger partial charge >= 0.3 is 5.97 Å². The van der Waals surface area contributed by atoms with E-state index < -0.39 is 12.1 Å². The molecular formula is C75H141NO5. The monoisotopic (exact) mass is 1140 g/mol. The summed E-state index contributed by atoms with van der Waals surface area (Å²) in [6.07, 6.45) is 92.2. The van der Waals surface area contributed by atoms with Crippen LogP contribution in [-0.2, 0) is 14.3 Å². The molecule has 3 N–H and O–H groups in total. The van der Waals surface area contributed by atoms with Gasteiger partial charge in [0, 0.05) is 12.8 Å². The van der Waals surface area contributed by atoms with Crippen LogP contribution in [0.25, 0.3) is 0 Å². The second-order valence-electron chi connectivity index (χ2n) is 24.9. The fraction of sp³-hybridized carbons (Fsp3) is 0.867. The molecular weight excluding hydrogens is 995 g/mol. The smallest absolute Gasteiger partial charge is 0.305 e. The number of amides is 1. The van der Waals surface area contributed by atoms with Crippen molar-refractivity contribution >= 4 is 11.9 Å². The van der Waals surface area contributed by atoms with Crippen molar-refractivity contribution in [1.82, 2.24) is 5.32 Å². The Hall–Kier alpha value is -2.18. The fourth-order valence-electron chi connectivity index (χ4n) is 11.2. The third-order valence-corrected chi connectivity index (χ3v) is 16.8. The second-order valence-corrected chi connectivity index (χ2v) is 24.9. The molecule has 1 amide bonds. The van der Waals surface area contributed by atoms with E-state index in [-0.39, 0.29) is 18.5 Å². The highest BCUT2D eigenvalue weighted by Crippen LogP contribution is 2.18. The molecule has 6 heteroatoms. The van der Waals surface area contributed by atoms with Crippen LogP contribution < -0.4 is 5.32 Å². The molecule has 0 radical (unpaired) electrons. The van der Waals surface area contributed by atoms with Crippen molar-refractivity contribution in [3.05, 3.63) is 48.6 Å². The van der Waals surface area contributed by atoms with Gasteiger partial charge in [0.15, 0.2) is 0 Å². The van der Waals surface area contributed by atoms with Crippen LogP contribution in [0.4, 0.5) is 0 Å². The summed E-state index contributed by atoms with van der Waals surface area (Å²) in [5, 5.41) is 23.1. The average Bonchev–Trinajstić information content (AvgIpc) is 3.47. The molecule has 0 aromatic heterocycles. The van der Waals surface area contributed by atoms with Crippen LogP contribution in [-0.4, -0.2) is 47.4 Å². The first-order valence-electron chi connectivity index (χ1n) is 36.4. The van der Waals surface area contributed by atoms with Gasteiger partial charge in [-0.25, -0.2) is 0 Å². The Morgan fingerprint density at radius 3 is 0.988 bits per heavy atom. The van der Waals surface area contributed by atoms with Crippen molar-refractivity contribution < 1.29 is 24.5 Å². The Morgan fingerprint density at radius 2 is 0.630 bits per heavy atom. The van der Waals surface area contributed by atoms with Crippen LogP contribution in [0.5, 0.6) is 0 Å². The molecule has 6 nitrogen and oxygen atoms in total. The molecule has 0 rings (SSSR count). The highest BCUT2D eigenvalue weighted by atomic mass is 16.5. The van der Waals surface area contributed by atoms with Crippen LogP contribution >= 0.6 is 0 Å². The lowest BCUT2D eigenvalue weighted by atomic mass is 10.0. The molecule has 2 atom stereocenters. The minimum absolute atomic E-state index is 0.00657. The van der Waals surface area contributed by atoms with E-state index in [1.807, 2.05) is 6.08 Å². The number of aliphatic hydroxyl groups excluding tert-OH is 2. The lowest BCUT2D eigenvalue weighted by Gasteiger charge is -2.20. The summed E-state index contributed by atoms with van der Waals surface area (Å²) in [5.74, 6) is -0.0563. The largest absolute Gasteiger partial charge is 0.466 e. The van der Waals surface area contributed by atoms with E-state index in [2.05, 4.69) is 55.6 Å². The van der Waals surface area contributed by atoms with Gasteiger partial charge in [-0.1, -0.05) is 345 Å². The van der Waals surface area contributed by atoms with Crippen molar-refractivity contribution in [3.8, 4) is 0 Å². The van der Waals surface area contributed by atoms with Crippen LogP contribution in [0.1, 0.15) is 393 Å². The van der Waals surface area contributed by atoms with E-state index in [0.29, 0.717) is 19.4 Å². The zero-order valence-electron chi connectivity index (χ0n) is 54.5. The molecule has 0 saturated heterocycles. The quantitative estimate of drug-likeness (QED) is 0.0320. The summed E-state index contributed by atoms with van der Waals surface area (Å²) in [6, 6.07) is -0.624. The number of carbonyl (C=O) groups is 2. The second kappa shape index (κ2) is 70.3. The van der Waals surface area contributed by atoms with Gasteiger partial charge in [-0.3, -0.25) is 9.59 Å². The average molecular weight is 1140 g/mol. The number of rotatable bonds is 68. The summed E-state index contributed by atoms with van der Waals surface area (Å²) >= 11 is 0. The third kappa shape index (κ3) is 66.8. The zero-order chi connectivity index (χ0) is 58.5. The van der Waals surface area contributed by atoms with E-state index in [0.717, 1.165) is 51.4 Å². The lowest BCUT2D eigenvalue weighted by Crippen LogP contribution is -2.45. The van der Waals surface area contributed by atoms with Crippen LogP contribution in [0.3, 0.4) is 0 Å². The van der Waals surface area contributed by atoms with Gasteiger partial charge in [-0.05, 0) is 83.5 Å². The number of ether oxygens (including phenoxy) is 1. The molecule has 0 bridgehead atoms. The Balaban J connectivity index is 3.34. The standard InChI is InChI=1S/C75H141NO5/c1-3-5-7-9-11-13-15-17-45-49-53-57-61-65-69-75(80)81-70-66-62-58-54-50-46-42-40-38-36-34-32-30-28-26-24-22-20-18-19-21-23-25-27-29-31-33-35-37-39-41-44-48-52-56-60-64-68-74(79)76-72(71-77)73(78)67-63-59-55-51-47-43-16-14-12-10-8-6-4-2/h9,11,15,17-18,20,63,67,72-73,77-78H,3-8,10,12-14,16,19,21-62,64-66,68-71H2,1-2H3,(H,76,79)/b11-9-,17-15-,20-18-,67-63+. The van der Waals surface area contributed by atoms with Gasteiger partial charge in [-0.2, -0.15) is 0 Å². The first-order valence-corrected chi connectivity index (χ1v) is 36.4. The maximum absolute atomic E-state index is 12.5. The van der Waals surface area contributed by atoms with E-state index in [4.69, 9.17) is 4.74 Å². The molecule has 0 spiro atoms. The Kier molecular flexibility index (Phi) is 68.4. The minimum Gasteiger partial charge on any atom is -0.466 e. The van der Waals surface area contributed by atoms with E-state index >= 15 is 0 Å². The van der Waals surface area contributed by atoms with Gasteiger partial charge in [0.05, 0.1) is 25.4 Å². The van der Waals surface area contributed by atoms with Crippen molar-refractivity contribution in [3.63, 3.8) is 0 Å². The number of carbonyl (C=O) groups excluding carboxylic acids is 2. The van der Waals surface area contributed by atoms with E-state index in [9.17, 15) is 19.8 Å². The molecule has 0 fully saturated rings. The predicted octanol–water partition coefficient (Wildman–Crippen LogP) is 23.6. The van der Waals surface area contributed by atoms with Crippen molar-refractivity contribution in [2.75, 3.05) is 13.2 Å². The van der Waals surface area contributed by atoms with Gasteiger partial charge in [0.1, 0.15) is 0 Å². The number of nitrogens with one attached hydrogen (secondary N) is 1. The number of unbranched alkanes of at least 4 members (excludes halogenated alkanes) is 51. The van der Waals surface area contributed by atoms with E-state index in [1.165, 1.54) is 315 Å². The summed E-state index contributed by atoms with van der Waals surface area (Å²) in [5.41, 5.74) is 0. The number of allylic oxidation sites excluding steroid dienone is 7. The summed E-state index contributed by atoms with van der Waals surface area (Å²) in [4.78, 5) is 24.5. The van der Waals surface area contributed by atoms with Crippen LogP contribution in [0.2, 0.25) is 0 Å².